The molecule has 1 N–H and O–H groups in total. The number of fused-ring (bicyclic) bond motifs is 2. The predicted molar refractivity (Wildman–Crippen MR) is 120 cm³/mol. The summed E-state index contributed by atoms with van der Waals surface area (Å²) in [5.41, 5.74) is 3.09. The van der Waals surface area contributed by atoms with Gasteiger partial charge < -0.3 is 19.5 Å². The lowest BCUT2D eigenvalue weighted by Gasteiger charge is -2.27. The number of imidazole rings is 1. The maximum atomic E-state index is 14.3. The second kappa shape index (κ2) is 9.10. The number of alkyl halides is 1. The van der Waals surface area contributed by atoms with Crippen LogP contribution in [-0.2, 0) is 4.74 Å². The van der Waals surface area contributed by atoms with Gasteiger partial charge in [0.2, 0.25) is 0 Å². The van der Waals surface area contributed by atoms with Crippen LogP contribution < -0.4 is 14.8 Å². The monoisotopic (exact) mass is 436 g/mol. The average molecular weight is 436 g/mol. The molecule has 1 aliphatic heterocycles. The first-order chi connectivity index (χ1) is 15.7. The van der Waals surface area contributed by atoms with Crippen LogP contribution in [0.4, 0.5) is 4.39 Å². The van der Waals surface area contributed by atoms with Crippen molar-refractivity contribution in [1.82, 2.24) is 19.7 Å². The molecule has 1 aromatic carbocycles. The van der Waals surface area contributed by atoms with Gasteiger partial charge in [-0.1, -0.05) is 18.2 Å². The lowest BCUT2D eigenvalue weighted by Crippen LogP contribution is -2.44. The van der Waals surface area contributed by atoms with Crippen molar-refractivity contribution in [2.24, 2.45) is 0 Å². The SMILES string of the molecule is COCCOc1ccn2c(-c3ccc4cccc(OC5CCNC[C@H]5F)c4n3)cnc2c1. The highest BCUT2D eigenvalue weighted by atomic mass is 19.1. The van der Waals surface area contributed by atoms with Crippen molar-refractivity contribution >= 4 is 16.6 Å². The fourth-order valence-corrected chi connectivity index (χ4v) is 3.93. The lowest BCUT2D eigenvalue weighted by molar-refractivity contribution is 0.0743. The molecule has 32 heavy (non-hydrogen) atoms. The zero-order valence-corrected chi connectivity index (χ0v) is 17.8. The first-order valence-electron chi connectivity index (χ1n) is 10.7. The molecular formula is C24H25FN4O3. The van der Waals surface area contributed by atoms with Crippen molar-refractivity contribution in [3.05, 3.63) is 54.9 Å². The Hall–Kier alpha value is -3.23. The molecule has 7 nitrogen and oxygen atoms in total. The molecule has 0 spiro atoms. The number of aromatic nitrogens is 3. The van der Waals surface area contributed by atoms with Crippen LogP contribution in [0.1, 0.15) is 6.42 Å². The van der Waals surface area contributed by atoms with Gasteiger partial charge in [0.25, 0.3) is 0 Å². The molecule has 4 heterocycles. The van der Waals surface area contributed by atoms with Gasteiger partial charge in [0.15, 0.2) is 0 Å². The van der Waals surface area contributed by atoms with Gasteiger partial charge in [-0.2, -0.15) is 0 Å². The average Bonchev–Trinajstić information content (AvgIpc) is 3.24. The van der Waals surface area contributed by atoms with E-state index in [9.17, 15) is 4.39 Å². The zero-order valence-electron chi connectivity index (χ0n) is 17.8. The van der Waals surface area contributed by atoms with E-state index in [0.717, 1.165) is 34.7 Å². The van der Waals surface area contributed by atoms with Crippen molar-refractivity contribution in [3.8, 4) is 22.9 Å². The van der Waals surface area contributed by atoms with E-state index in [-0.39, 0.29) is 0 Å². The van der Waals surface area contributed by atoms with E-state index >= 15 is 0 Å². The second-order valence-electron chi connectivity index (χ2n) is 7.76. The van der Waals surface area contributed by atoms with E-state index in [1.165, 1.54) is 0 Å². The van der Waals surface area contributed by atoms with Crippen LogP contribution in [0.3, 0.4) is 0 Å². The Morgan fingerprint density at radius 2 is 2.12 bits per heavy atom. The van der Waals surface area contributed by atoms with Crippen LogP contribution in [-0.4, -0.2) is 60.1 Å². The van der Waals surface area contributed by atoms with Gasteiger partial charge in [-0.3, -0.25) is 4.40 Å². The number of ether oxygens (including phenoxy) is 3. The van der Waals surface area contributed by atoms with Crippen LogP contribution in [0.5, 0.6) is 11.5 Å². The number of nitrogens with zero attached hydrogens (tertiary/aromatic N) is 3. The highest BCUT2D eigenvalue weighted by Crippen LogP contribution is 2.30. The molecular weight excluding hydrogens is 411 g/mol. The Labute approximate surface area is 185 Å². The highest BCUT2D eigenvalue weighted by Gasteiger charge is 2.27. The third kappa shape index (κ3) is 4.11. The number of para-hydroxylation sites is 1. The van der Waals surface area contributed by atoms with Gasteiger partial charge in [-0.25, -0.2) is 14.4 Å². The Morgan fingerprint density at radius 3 is 3.00 bits per heavy atom. The summed E-state index contributed by atoms with van der Waals surface area (Å²) in [7, 11) is 1.64. The molecule has 4 aromatic rings. The number of nitrogens with one attached hydrogen (secondary N) is 1. The lowest BCUT2D eigenvalue weighted by atomic mass is 10.1. The molecule has 8 heteroatoms. The Morgan fingerprint density at radius 1 is 1.19 bits per heavy atom. The third-order valence-corrected chi connectivity index (χ3v) is 5.61. The Kier molecular flexibility index (Phi) is 5.87. The largest absolute Gasteiger partial charge is 0.491 e. The molecule has 0 saturated carbocycles. The maximum absolute atomic E-state index is 14.3. The predicted octanol–water partition coefficient (Wildman–Crippen LogP) is 3.65. The van der Waals surface area contributed by atoms with Crippen molar-refractivity contribution in [2.45, 2.75) is 18.7 Å². The zero-order chi connectivity index (χ0) is 21.9. The molecule has 2 atom stereocenters. The summed E-state index contributed by atoms with van der Waals surface area (Å²) >= 11 is 0. The topological polar surface area (TPSA) is 69.9 Å². The van der Waals surface area contributed by atoms with Crippen LogP contribution in [0.25, 0.3) is 27.9 Å². The van der Waals surface area contributed by atoms with E-state index in [0.29, 0.717) is 37.4 Å². The quantitative estimate of drug-likeness (QED) is 0.446. The minimum absolute atomic E-state index is 0.313. The normalized spacial score (nSPS) is 18.8. The number of halogens is 1. The maximum Gasteiger partial charge on any atom is 0.149 e. The van der Waals surface area contributed by atoms with Crippen molar-refractivity contribution < 1.29 is 18.6 Å². The van der Waals surface area contributed by atoms with Gasteiger partial charge in [0.05, 0.1) is 24.2 Å². The smallest absolute Gasteiger partial charge is 0.149 e. The number of piperidine rings is 1. The molecule has 1 aliphatic rings. The Balaban J connectivity index is 1.47. The van der Waals surface area contributed by atoms with Gasteiger partial charge in [0.1, 0.15) is 41.5 Å². The third-order valence-electron chi connectivity index (χ3n) is 5.61. The number of rotatable bonds is 7. The van der Waals surface area contributed by atoms with E-state index in [4.69, 9.17) is 19.2 Å². The van der Waals surface area contributed by atoms with Crippen molar-refractivity contribution in [1.29, 1.82) is 0 Å². The molecule has 1 saturated heterocycles. The first-order valence-corrected chi connectivity index (χ1v) is 10.7. The minimum Gasteiger partial charge on any atom is -0.491 e. The molecule has 166 valence electrons. The molecule has 0 aliphatic carbocycles. The van der Waals surface area contributed by atoms with E-state index < -0.39 is 12.3 Å². The van der Waals surface area contributed by atoms with E-state index in [1.54, 1.807) is 13.3 Å². The van der Waals surface area contributed by atoms with Crippen LogP contribution in [0.2, 0.25) is 0 Å². The van der Waals surface area contributed by atoms with Gasteiger partial charge in [0, 0.05) is 31.3 Å². The molecule has 5 rings (SSSR count). The van der Waals surface area contributed by atoms with Crippen molar-refractivity contribution in [2.75, 3.05) is 33.4 Å². The standard InChI is InChI=1S/C24H25FN4O3/c1-30-11-12-31-17-8-10-29-20(15-27-23(29)13-17)19-6-5-16-3-2-4-22(24(16)28-19)32-21-7-9-26-14-18(21)25/h2-6,8,10,13,15,18,21,26H,7,9,11-12,14H2,1H3/t18-,21?/m1/s1. The van der Waals surface area contributed by atoms with Crippen LogP contribution in [0.15, 0.2) is 54.9 Å². The summed E-state index contributed by atoms with van der Waals surface area (Å²) in [6.07, 6.45) is 2.81. The second-order valence-corrected chi connectivity index (χ2v) is 7.76. The molecule has 0 amide bonds. The summed E-state index contributed by atoms with van der Waals surface area (Å²) in [4.78, 5) is 9.38. The molecule has 3 aromatic heterocycles. The number of methoxy groups -OCH3 is 1. The van der Waals surface area contributed by atoms with Crippen LogP contribution in [0, 0.1) is 0 Å². The molecule has 0 radical (unpaired) electrons. The summed E-state index contributed by atoms with van der Waals surface area (Å²) in [5.74, 6) is 1.33. The summed E-state index contributed by atoms with van der Waals surface area (Å²) in [6, 6.07) is 13.5. The van der Waals surface area contributed by atoms with E-state index in [2.05, 4.69) is 10.3 Å². The Bertz CT molecular complexity index is 1230. The van der Waals surface area contributed by atoms with Gasteiger partial charge >= 0.3 is 0 Å². The number of benzene rings is 1. The first kappa shape index (κ1) is 20.7. The van der Waals surface area contributed by atoms with Crippen molar-refractivity contribution in [3.63, 3.8) is 0 Å². The fraction of sp³-hybridized carbons (Fsp3) is 0.333. The molecule has 1 fully saturated rings. The number of pyridine rings is 2. The van der Waals surface area contributed by atoms with Crippen LogP contribution >= 0.6 is 0 Å². The summed E-state index contributed by atoms with van der Waals surface area (Å²) < 4.78 is 33.0. The number of hydrogen-bond donors (Lipinski definition) is 1. The summed E-state index contributed by atoms with van der Waals surface area (Å²) in [5, 5.41) is 4.00. The van der Waals surface area contributed by atoms with Gasteiger partial charge in [-0.05, 0) is 31.2 Å². The minimum atomic E-state index is -1.04. The molecule has 1 unspecified atom stereocenters. The number of hydrogen-bond acceptors (Lipinski definition) is 6. The molecule has 0 bridgehead atoms. The highest BCUT2D eigenvalue weighted by molar-refractivity contribution is 5.86. The van der Waals surface area contributed by atoms with Gasteiger partial charge in [-0.15, -0.1) is 0 Å². The summed E-state index contributed by atoms with van der Waals surface area (Å²) in [6.45, 7) is 2.06. The fourth-order valence-electron chi connectivity index (χ4n) is 3.93. The van der Waals surface area contributed by atoms with E-state index in [1.807, 2.05) is 53.1 Å².